The third-order valence-electron chi connectivity index (χ3n) is 12.2. The Bertz CT molecular complexity index is 1150. The van der Waals surface area contributed by atoms with Crippen LogP contribution in [0.5, 0.6) is 0 Å². The Balaban J connectivity index is 1.10. The van der Waals surface area contributed by atoms with Crippen molar-refractivity contribution in [3.05, 3.63) is 40.8 Å². The molecular weight excluding hydrogens is 523 g/mol. The molecule has 1 nitrogen and oxygen atoms in total. The zero-order valence-corrected chi connectivity index (χ0v) is 26.7. The second-order valence-electron chi connectivity index (χ2n) is 14.7. The zero-order chi connectivity index (χ0) is 27.1. The molecule has 7 rings (SSSR count). The molecule has 0 bridgehead atoms. The molecule has 3 heteroatoms. The van der Waals surface area contributed by atoms with Gasteiger partial charge >= 0.3 is 0 Å². The van der Waals surface area contributed by atoms with Crippen molar-refractivity contribution in [1.29, 1.82) is 0 Å². The van der Waals surface area contributed by atoms with Gasteiger partial charge in [-0.2, -0.15) is 0 Å². The van der Waals surface area contributed by atoms with Crippen molar-refractivity contribution < 1.29 is 0 Å². The second-order valence-corrected chi connectivity index (χ2v) is 16.6. The first-order valence-corrected chi connectivity index (χ1v) is 18.8. The standard InChI is InChI=1S/C37H51NS2/c1-24-5-9-26(10-6-24)28-13-17-30(18-14-28)32-21-22-33(36-35(32)38-37(40-36)34-4-3-23-39-34)31-19-15-29(16-20-31)27-11-7-25(2)8-12-27/h3-4,21-31H,5-20H2,1-2H3. The van der Waals surface area contributed by atoms with E-state index in [1.165, 1.54) is 118 Å². The van der Waals surface area contributed by atoms with Crippen LogP contribution in [0.2, 0.25) is 0 Å². The van der Waals surface area contributed by atoms with Gasteiger partial charge in [-0.15, -0.1) is 22.7 Å². The Labute approximate surface area is 251 Å². The molecule has 0 aliphatic heterocycles. The zero-order valence-electron chi connectivity index (χ0n) is 25.1. The molecule has 0 saturated heterocycles. The fourth-order valence-electron chi connectivity index (χ4n) is 9.52. The van der Waals surface area contributed by atoms with Gasteiger partial charge in [-0.05, 0) is 147 Å². The Morgan fingerprint density at radius 1 is 0.575 bits per heavy atom. The van der Waals surface area contributed by atoms with E-state index in [2.05, 4.69) is 43.5 Å². The first-order valence-electron chi connectivity index (χ1n) is 17.1. The molecule has 1 aromatic carbocycles. The molecule has 216 valence electrons. The number of nitrogens with zero attached hydrogens (tertiary/aromatic N) is 1. The molecule has 4 fully saturated rings. The van der Waals surface area contributed by atoms with Crippen molar-refractivity contribution in [3.63, 3.8) is 0 Å². The SMILES string of the molecule is CC1CCC(C2CCC(c3ccc(C4CCC(C5CCC(C)CC5)CC4)c4sc(-c5cccs5)nc34)CC2)CC1. The predicted molar refractivity (Wildman–Crippen MR) is 175 cm³/mol. The van der Waals surface area contributed by atoms with Crippen molar-refractivity contribution in [1.82, 2.24) is 4.98 Å². The number of hydrogen-bond acceptors (Lipinski definition) is 3. The molecule has 0 atom stereocenters. The summed E-state index contributed by atoms with van der Waals surface area (Å²) in [6.45, 7) is 4.92. The van der Waals surface area contributed by atoms with Crippen LogP contribution in [0.15, 0.2) is 29.6 Å². The molecule has 2 aromatic heterocycles. The lowest BCUT2D eigenvalue weighted by Crippen LogP contribution is -2.25. The molecule has 4 saturated carbocycles. The number of benzene rings is 1. The van der Waals surface area contributed by atoms with Crippen LogP contribution in [-0.4, -0.2) is 4.98 Å². The summed E-state index contributed by atoms with van der Waals surface area (Å²) in [5, 5.41) is 3.47. The summed E-state index contributed by atoms with van der Waals surface area (Å²) in [6, 6.07) is 9.59. The normalized spacial score (nSPS) is 35.6. The Morgan fingerprint density at radius 3 is 1.55 bits per heavy atom. The van der Waals surface area contributed by atoms with Gasteiger partial charge in [-0.25, -0.2) is 4.98 Å². The molecule has 0 radical (unpaired) electrons. The third-order valence-corrected chi connectivity index (χ3v) is 14.4. The first kappa shape index (κ1) is 27.6. The molecule has 4 aliphatic rings. The van der Waals surface area contributed by atoms with Gasteiger partial charge in [0.1, 0.15) is 5.01 Å². The topological polar surface area (TPSA) is 12.9 Å². The van der Waals surface area contributed by atoms with Gasteiger partial charge in [-0.3, -0.25) is 0 Å². The first-order chi connectivity index (χ1) is 19.6. The van der Waals surface area contributed by atoms with Crippen molar-refractivity contribution in [2.45, 2.75) is 128 Å². The minimum atomic E-state index is 0.707. The number of thiazole rings is 1. The van der Waals surface area contributed by atoms with Crippen LogP contribution in [0.4, 0.5) is 0 Å². The van der Waals surface area contributed by atoms with Gasteiger partial charge in [0.2, 0.25) is 0 Å². The largest absolute Gasteiger partial charge is 0.235 e. The van der Waals surface area contributed by atoms with E-state index in [0.717, 1.165) is 41.4 Å². The monoisotopic (exact) mass is 573 g/mol. The van der Waals surface area contributed by atoms with E-state index in [-0.39, 0.29) is 0 Å². The number of rotatable bonds is 5. The van der Waals surface area contributed by atoms with Gasteiger partial charge in [0.25, 0.3) is 0 Å². The Hall–Kier alpha value is -1.19. The number of fused-ring (bicyclic) bond motifs is 1. The molecule has 0 spiro atoms. The highest BCUT2D eigenvalue weighted by Gasteiger charge is 2.34. The van der Waals surface area contributed by atoms with E-state index in [1.54, 1.807) is 15.8 Å². The van der Waals surface area contributed by atoms with Crippen LogP contribution in [0, 0.1) is 35.5 Å². The maximum Gasteiger partial charge on any atom is 0.134 e. The minimum absolute atomic E-state index is 0.707. The molecule has 3 aromatic rings. The van der Waals surface area contributed by atoms with Gasteiger partial charge in [0, 0.05) is 0 Å². The maximum atomic E-state index is 5.43. The molecular formula is C37H51NS2. The highest BCUT2D eigenvalue weighted by molar-refractivity contribution is 7.25. The van der Waals surface area contributed by atoms with Crippen molar-refractivity contribution in [3.8, 4) is 9.88 Å². The van der Waals surface area contributed by atoms with Crippen molar-refractivity contribution in [2.75, 3.05) is 0 Å². The molecule has 0 N–H and O–H groups in total. The predicted octanol–water partition coefficient (Wildman–Crippen LogP) is 12.2. The van der Waals surface area contributed by atoms with Crippen LogP contribution >= 0.6 is 22.7 Å². The molecule has 2 heterocycles. The van der Waals surface area contributed by atoms with Gasteiger partial charge < -0.3 is 0 Å². The second kappa shape index (κ2) is 12.2. The Morgan fingerprint density at radius 2 is 1.05 bits per heavy atom. The summed E-state index contributed by atoms with van der Waals surface area (Å²) in [5.74, 6) is 7.37. The van der Waals surface area contributed by atoms with E-state index in [9.17, 15) is 0 Å². The quantitative estimate of drug-likeness (QED) is 0.296. The van der Waals surface area contributed by atoms with Crippen molar-refractivity contribution >= 4 is 32.9 Å². The fraction of sp³-hybridized carbons (Fsp3) is 0.703. The van der Waals surface area contributed by atoms with E-state index >= 15 is 0 Å². The lowest BCUT2D eigenvalue weighted by Gasteiger charge is -2.38. The van der Waals surface area contributed by atoms with Crippen LogP contribution in [0.1, 0.15) is 140 Å². The summed E-state index contributed by atoms with van der Waals surface area (Å²) in [7, 11) is 0. The molecule has 4 aliphatic carbocycles. The minimum Gasteiger partial charge on any atom is -0.235 e. The molecule has 40 heavy (non-hydrogen) atoms. The average molecular weight is 574 g/mol. The molecule has 0 amide bonds. The van der Waals surface area contributed by atoms with E-state index in [4.69, 9.17) is 4.98 Å². The van der Waals surface area contributed by atoms with Gasteiger partial charge in [-0.1, -0.05) is 57.7 Å². The summed E-state index contributed by atoms with van der Waals surface area (Å²) in [5.41, 5.74) is 4.60. The summed E-state index contributed by atoms with van der Waals surface area (Å²) in [4.78, 5) is 6.78. The number of hydrogen-bond donors (Lipinski definition) is 0. The van der Waals surface area contributed by atoms with Crippen LogP contribution in [-0.2, 0) is 0 Å². The number of aromatic nitrogens is 1. The lowest BCUT2D eigenvalue weighted by molar-refractivity contribution is 0.165. The maximum absolute atomic E-state index is 5.43. The highest BCUT2D eigenvalue weighted by Crippen LogP contribution is 2.50. The highest BCUT2D eigenvalue weighted by atomic mass is 32.1. The van der Waals surface area contributed by atoms with Crippen LogP contribution < -0.4 is 0 Å². The van der Waals surface area contributed by atoms with Crippen LogP contribution in [0.3, 0.4) is 0 Å². The lowest BCUT2D eigenvalue weighted by atomic mass is 9.68. The number of thiophene rings is 1. The summed E-state index contributed by atoms with van der Waals surface area (Å²) < 4.78 is 1.54. The summed E-state index contributed by atoms with van der Waals surface area (Å²) in [6.07, 6.45) is 23.2. The van der Waals surface area contributed by atoms with E-state index in [0.29, 0.717) is 5.92 Å². The Kier molecular flexibility index (Phi) is 8.43. The van der Waals surface area contributed by atoms with Gasteiger partial charge in [0.15, 0.2) is 0 Å². The summed E-state index contributed by atoms with van der Waals surface area (Å²) >= 11 is 3.86. The average Bonchev–Trinajstić information content (AvgIpc) is 3.69. The third kappa shape index (κ3) is 5.72. The van der Waals surface area contributed by atoms with E-state index in [1.807, 2.05) is 22.7 Å². The smallest absolute Gasteiger partial charge is 0.134 e. The van der Waals surface area contributed by atoms with Crippen molar-refractivity contribution in [2.24, 2.45) is 35.5 Å². The molecule has 0 unspecified atom stereocenters. The van der Waals surface area contributed by atoms with E-state index < -0.39 is 0 Å². The van der Waals surface area contributed by atoms with Crippen LogP contribution in [0.25, 0.3) is 20.1 Å². The van der Waals surface area contributed by atoms with Gasteiger partial charge in [0.05, 0.1) is 15.1 Å². The fourth-order valence-corrected chi connectivity index (χ4v) is 11.5.